The summed E-state index contributed by atoms with van der Waals surface area (Å²) in [6, 6.07) is 20.2. The Morgan fingerprint density at radius 1 is 1.00 bits per heavy atom. The lowest BCUT2D eigenvalue weighted by Gasteiger charge is -2.06. The number of anilines is 1. The fourth-order valence-corrected chi connectivity index (χ4v) is 3.69. The average Bonchev–Trinajstić information content (AvgIpc) is 2.85. The predicted octanol–water partition coefficient (Wildman–Crippen LogP) is 5.30. The zero-order valence-corrected chi connectivity index (χ0v) is 13.4. The lowest BCUT2D eigenvalue weighted by Crippen LogP contribution is -1.89. The van der Waals surface area contributed by atoms with Gasteiger partial charge in [-0.2, -0.15) is 5.26 Å². The third-order valence-electron chi connectivity index (χ3n) is 3.20. The number of hydrogen-bond donors (Lipinski definition) is 1. The molecule has 4 heteroatoms. The lowest BCUT2D eigenvalue weighted by atomic mass is 10.0. The van der Waals surface area contributed by atoms with Gasteiger partial charge in [0.05, 0.1) is 5.69 Å². The number of halogens is 1. The van der Waals surface area contributed by atoms with Gasteiger partial charge in [-0.1, -0.05) is 58.4 Å². The molecule has 21 heavy (non-hydrogen) atoms. The summed E-state index contributed by atoms with van der Waals surface area (Å²) < 4.78 is 1.00. The van der Waals surface area contributed by atoms with E-state index in [9.17, 15) is 5.26 Å². The van der Waals surface area contributed by atoms with Gasteiger partial charge in [0.2, 0.25) is 0 Å². The minimum atomic E-state index is 0.559. The molecule has 3 aromatic rings. The molecule has 0 radical (unpaired) electrons. The van der Waals surface area contributed by atoms with Gasteiger partial charge in [-0.3, -0.25) is 0 Å². The third kappa shape index (κ3) is 2.58. The maximum absolute atomic E-state index is 9.28. The summed E-state index contributed by atoms with van der Waals surface area (Å²) in [6.07, 6.45) is 0. The van der Waals surface area contributed by atoms with Crippen molar-refractivity contribution in [2.24, 2.45) is 0 Å². The maximum atomic E-state index is 9.28. The first-order chi connectivity index (χ1) is 10.2. The molecule has 0 bridgehead atoms. The summed E-state index contributed by atoms with van der Waals surface area (Å²) in [7, 11) is 0. The molecule has 0 saturated carbocycles. The summed E-state index contributed by atoms with van der Waals surface area (Å²) in [5, 5.41) is 9.28. The highest BCUT2D eigenvalue weighted by Gasteiger charge is 2.18. The first-order valence-electron chi connectivity index (χ1n) is 6.34. The summed E-state index contributed by atoms with van der Waals surface area (Å²) in [5.41, 5.74) is 9.78. The van der Waals surface area contributed by atoms with Gasteiger partial charge < -0.3 is 5.73 Å². The summed E-state index contributed by atoms with van der Waals surface area (Å²) in [4.78, 5) is 1.58. The van der Waals surface area contributed by atoms with Gasteiger partial charge in [-0.15, -0.1) is 11.3 Å². The standard InChI is InChI=1S/C17H11BrN2S/c18-13-8-4-7-12(9-13)17-15(11-5-2-1-3-6-11)16(20)14(10-19)21-17/h1-9H,20H2. The Labute approximate surface area is 135 Å². The Balaban J connectivity index is 2.29. The molecule has 2 aromatic carbocycles. The topological polar surface area (TPSA) is 49.8 Å². The molecule has 2 nitrogen and oxygen atoms in total. The average molecular weight is 355 g/mol. The molecule has 2 N–H and O–H groups in total. The van der Waals surface area contributed by atoms with E-state index < -0.39 is 0 Å². The van der Waals surface area contributed by atoms with Gasteiger partial charge in [-0.05, 0) is 23.3 Å². The molecule has 0 fully saturated rings. The smallest absolute Gasteiger partial charge is 0.129 e. The number of nitrogen functional groups attached to an aromatic ring is 1. The van der Waals surface area contributed by atoms with Crippen LogP contribution in [0.1, 0.15) is 4.88 Å². The van der Waals surface area contributed by atoms with Crippen molar-refractivity contribution in [3.05, 3.63) is 63.9 Å². The van der Waals surface area contributed by atoms with E-state index in [0.29, 0.717) is 10.6 Å². The summed E-state index contributed by atoms with van der Waals surface area (Å²) in [5.74, 6) is 0. The largest absolute Gasteiger partial charge is 0.396 e. The van der Waals surface area contributed by atoms with Gasteiger partial charge in [0.25, 0.3) is 0 Å². The summed E-state index contributed by atoms with van der Waals surface area (Å²) >= 11 is 4.93. The number of nitriles is 1. The van der Waals surface area contributed by atoms with E-state index in [2.05, 4.69) is 22.0 Å². The van der Waals surface area contributed by atoms with Crippen molar-refractivity contribution in [2.45, 2.75) is 0 Å². The molecule has 0 aliphatic heterocycles. The zero-order chi connectivity index (χ0) is 14.8. The van der Waals surface area contributed by atoms with Crippen LogP contribution in [0.2, 0.25) is 0 Å². The van der Waals surface area contributed by atoms with E-state index in [4.69, 9.17) is 5.73 Å². The quantitative estimate of drug-likeness (QED) is 0.678. The van der Waals surface area contributed by atoms with Gasteiger partial charge in [0, 0.05) is 14.9 Å². The second-order valence-corrected chi connectivity index (χ2v) is 6.47. The molecular formula is C17H11BrN2S. The van der Waals surface area contributed by atoms with Crippen LogP contribution in [0, 0.1) is 11.3 Å². The van der Waals surface area contributed by atoms with Crippen LogP contribution in [0.3, 0.4) is 0 Å². The predicted molar refractivity (Wildman–Crippen MR) is 92.0 cm³/mol. The van der Waals surface area contributed by atoms with Crippen molar-refractivity contribution >= 4 is 33.0 Å². The third-order valence-corrected chi connectivity index (χ3v) is 4.85. The molecule has 0 atom stereocenters. The van der Waals surface area contributed by atoms with Crippen LogP contribution in [0.15, 0.2) is 59.1 Å². The van der Waals surface area contributed by atoms with Crippen molar-refractivity contribution < 1.29 is 0 Å². The van der Waals surface area contributed by atoms with Crippen molar-refractivity contribution in [1.29, 1.82) is 5.26 Å². The fourth-order valence-electron chi connectivity index (χ4n) is 2.25. The van der Waals surface area contributed by atoms with Crippen LogP contribution >= 0.6 is 27.3 Å². The molecule has 1 aromatic heterocycles. The lowest BCUT2D eigenvalue weighted by molar-refractivity contribution is 1.52. The van der Waals surface area contributed by atoms with E-state index in [1.165, 1.54) is 11.3 Å². The SMILES string of the molecule is N#Cc1sc(-c2cccc(Br)c2)c(-c2ccccc2)c1N. The van der Waals surface area contributed by atoms with Crippen LogP contribution in [-0.2, 0) is 0 Å². The van der Waals surface area contributed by atoms with Crippen molar-refractivity contribution in [2.75, 3.05) is 5.73 Å². The maximum Gasteiger partial charge on any atom is 0.129 e. The Morgan fingerprint density at radius 2 is 1.71 bits per heavy atom. The summed E-state index contributed by atoms with van der Waals surface area (Å²) in [6.45, 7) is 0. The number of nitrogens with zero attached hydrogens (tertiary/aromatic N) is 1. The molecule has 1 heterocycles. The Bertz CT molecular complexity index is 832. The molecule has 0 aliphatic carbocycles. The first-order valence-corrected chi connectivity index (χ1v) is 7.95. The van der Waals surface area contributed by atoms with Gasteiger partial charge >= 0.3 is 0 Å². The monoisotopic (exact) mass is 354 g/mol. The molecular weight excluding hydrogens is 344 g/mol. The Morgan fingerprint density at radius 3 is 2.38 bits per heavy atom. The van der Waals surface area contributed by atoms with Crippen LogP contribution in [0.4, 0.5) is 5.69 Å². The van der Waals surface area contributed by atoms with Gasteiger partial charge in [-0.25, -0.2) is 0 Å². The second kappa shape index (κ2) is 5.72. The van der Waals surface area contributed by atoms with Gasteiger partial charge in [0.15, 0.2) is 0 Å². The Kier molecular flexibility index (Phi) is 3.78. The highest BCUT2D eigenvalue weighted by molar-refractivity contribution is 9.10. The highest BCUT2D eigenvalue weighted by atomic mass is 79.9. The van der Waals surface area contributed by atoms with Crippen LogP contribution in [-0.4, -0.2) is 0 Å². The minimum Gasteiger partial charge on any atom is -0.396 e. The fraction of sp³-hybridized carbons (Fsp3) is 0. The highest BCUT2D eigenvalue weighted by Crippen LogP contribution is 2.45. The van der Waals surface area contributed by atoms with Crippen LogP contribution < -0.4 is 5.73 Å². The van der Waals surface area contributed by atoms with E-state index in [-0.39, 0.29) is 0 Å². The van der Waals surface area contributed by atoms with E-state index in [1.807, 2.05) is 54.6 Å². The first kappa shape index (κ1) is 13.9. The van der Waals surface area contributed by atoms with Crippen molar-refractivity contribution in [1.82, 2.24) is 0 Å². The number of thiophene rings is 1. The van der Waals surface area contributed by atoms with Crippen LogP contribution in [0.5, 0.6) is 0 Å². The molecule has 0 unspecified atom stereocenters. The Hall–Kier alpha value is -2.09. The number of hydrogen-bond acceptors (Lipinski definition) is 3. The molecule has 0 amide bonds. The molecule has 102 valence electrons. The van der Waals surface area contributed by atoms with Crippen LogP contribution in [0.25, 0.3) is 21.6 Å². The molecule has 3 rings (SSSR count). The van der Waals surface area contributed by atoms with Crippen molar-refractivity contribution in [3.8, 4) is 27.6 Å². The van der Waals surface area contributed by atoms with E-state index >= 15 is 0 Å². The minimum absolute atomic E-state index is 0.559. The number of rotatable bonds is 2. The zero-order valence-electron chi connectivity index (χ0n) is 11.0. The van der Waals surface area contributed by atoms with E-state index in [1.54, 1.807) is 0 Å². The van der Waals surface area contributed by atoms with Crippen molar-refractivity contribution in [3.63, 3.8) is 0 Å². The number of benzene rings is 2. The van der Waals surface area contributed by atoms with Gasteiger partial charge in [0.1, 0.15) is 10.9 Å². The normalized spacial score (nSPS) is 10.3. The van der Waals surface area contributed by atoms with E-state index in [0.717, 1.165) is 26.0 Å². The molecule has 0 saturated heterocycles. The second-order valence-electron chi connectivity index (χ2n) is 4.54. The number of nitrogens with two attached hydrogens (primary N) is 1. The molecule has 0 aliphatic rings. The molecule has 0 spiro atoms.